The van der Waals surface area contributed by atoms with E-state index in [0.29, 0.717) is 18.9 Å². The molecule has 1 amide bonds. The molecule has 3 aliphatic rings. The average Bonchev–Trinajstić information content (AvgIpc) is 3.42. The highest BCUT2D eigenvalue weighted by Gasteiger charge is 2.43. The molecule has 3 N–H and O–H groups in total. The van der Waals surface area contributed by atoms with Crippen LogP contribution in [-0.2, 0) is 35.1 Å². The number of carbonyl (C=O) groups excluding carboxylic acids is 1. The molecule has 0 unspecified atom stereocenters. The van der Waals surface area contributed by atoms with E-state index in [0.717, 1.165) is 49.2 Å². The third kappa shape index (κ3) is 6.88. The molecule has 1 spiro atoms. The molecular weight excluding hydrogens is 516 g/mol. The molecule has 0 saturated carbocycles. The largest absolute Gasteiger partial charge is 0.481 e. The first-order valence-electron chi connectivity index (χ1n) is 14.0. The number of benzene rings is 2. The van der Waals surface area contributed by atoms with Gasteiger partial charge in [-0.25, -0.2) is 0 Å². The van der Waals surface area contributed by atoms with Crippen molar-refractivity contribution in [2.45, 2.75) is 63.5 Å². The van der Waals surface area contributed by atoms with E-state index in [1.807, 2.05) is 42.5 Å². The van der Waals surface area contributed by atoms with Gasteiger partial charge in [-0.1, -0.05) is 43.3 Å². The second-order valence-electron chi connectivity index (χ2n) is 10.8. The second-order valence-corrected chi connectivity index (χ2v) is 10.8. The molecule has 2 aromatic carbocycles. The second kappa shape index (κ2) is 12.8. The van der Waals surface area contributed by atoms with Crippen LogP contribution < -0.4 is 5.32 Å². The SMILES string of the molecule is C[C@@H]1[C@H](CN2CCC3(CC2)OCCO3)O[C@H](c2cccc(NC(=O)CCC(=O)O)c2)O[C@@H]1c1ccc(CO)cc1. The zero-order valence-electron chi connectivity index (χ0n) is 22.8. The van der Waals surface area contributed by atoms with Gasteiger partial charge in [-0.3, -0.25) is 9.59 Å². The van der Waals surface area contributed by atoms with Gasteiger partial charge >= 0.3 is 5.97 Å². The third-order valence-electron chi connectivity index (χ3n) is 8.00. The number of carboxylic acids is 1. The van der Waals surface area contributed by atoms with Crippen LogP contribution in [0.15, 0.2) is 48.5 Å². The zero-order chi connectivity index (χ0) is 28.1. The van der Waals surface area contributed by atoms with Gasteiger partial charge in [0.15, 0.2) is 12.1 Å². The number of ether oxygens (including phenoxy) is 4. The maximum Gasteiger partial charge on any atom is 0.303 e. The molecule has 0 aromatic heterocycles. The number of amides is 1. The molecule has 10 nitrogen and oxygen atoms in total. The van der Waals surface area contributed by atoms with Crippen molar-refractivity contribution < 1.29 is 38.7 Å². The molecule has 10 heteroatoms. The van der Waals surface area contributed by atoms with Gasteiger partial charge in [0.25, 0.3) is 0 Å². The standard InChI is InChI=1S/C30H38N2O8/c1-20-25(18-32-13-11-30(12-14-32)37-15-16-38-30)39-29(40-28(20)22-7-5-21(19-33)6-8-22)23-3-2-4-24(17-23)31-26(34)9-10-27(35)36/h2-8,17,20,25,28-29,33H,9-16,18-19H2,1H3,(H,31,34)(H,35,36)/t20-,25+,28+,29+/m1/s1. The number of hydrogen-bond acceptors (Lipinski definition) is 8. The van der Waals surface area contributed by atoms with Gasteiger partial charge in [0.1, 0.15) is 0 Å². The van der Waals surface area contributed by atoms with Crippen molar-refractivity contribution >= 4 is 17.6 Å². The quantitative estimate of drug-likeness (QED) is 0.426. The van der Waals surface area contributed by atoms with Crippen molar-refractivity contribution in [3.8, 4) is 0 Å². The van der Waals surface area contributed by atoms with Gasteiger partial charge in [-0.2, -0.15) is 0 Å². The van der Waals surface area contributed by atoms with E-state index in [-0.39, 0.29) is 43.5 Å². The molecule has 3 heterocycles. The molecule has 40 heavy (non-hydrogen) atoms. The minimum Gasteiger partial charge on any atom is -0.481 e. The lowest BCUT2D eigenvalue weighted by Crippen LogP contribution is -2.50. The van der Waals surface area contributed by atoms with E-state index in [9.17, 15) is 14.7 Å². The number of rotatable bonds is 9. The fourth-order valence-corrected chi connectivity index (χ4v) is 5.65. The molecule has 2 aromatic rings. The molecule has 3 aliphatic heterocycles. The number of aliphatic carboxylic acids is 1. The van der Waals surface area contributed by atoms with Crippen LogP contribution in [-0.4, -0.2) is 71.7 Å². The van der Waals surface area contributed by atoms with Crippen molar-refractivity contribution in [2.75, 3.05) is 38.2 Å². The smallest absolute Gasteiger partial charge is 0.303 e. The van der Waals surface area contributed by atoms with Crippen molar-refractivity contribution in [1.29, 1.82) is 0 Å². The van der Waals surface area contributed by atoms with E-state index < -0.39 is 18.0 Å². The fraction of sp³-hybridized carbons (Fsp3) is 0.533. The Bertz CT molecular complexity index is 1160. The fourth-order valence-electron chi connectivity index (χ4n) is 5.65. The number of carboxylic acid groups (broad SMARTS) is 1. The Morgan fingerprint density at radius 2 is 1.73 bits per heavy atom. The van der Waals surface area contributed by atoms with E-state index in [1.54, 1.807) is 6.07 Å². The van der Waals surface area contributed by atoms with Gasteiger partial charge in [0, 0.05) is 56.1 Å². The van der Waals surface area contributed by atoms with Crippen LogP contribution in [0.1, 0.15) is 61.7 Å². The van der Waals surface area contributed by atoms with Gasteiger partial charge in [-0.15, -0.1) is 0 Å². The maximum atomic E-state index is 12.2. The molecule has 4 atom stereocenters. The summed E-state index contributed by atoms with van der Waals surface area (Å²) in [4.78, 5) is 25.4. The van der Waals surface area contributed by atoms with Crippen molar-refractivity contribution in [1.82, 2.24) is 4.90 Å². The van der Waals surface area contributed by atoms with Crippen molar-refractivity contribution in [2.24, 2.45) is 5.92 Å². The molecule has 0 bridgehead atoms. The van der Waals surface area contributed by atoms with Gasteiger partial charge in [0.05, 0.1) is 38.4 Å². The Hall–Kier alpha value is -2.86. The Kier molecular flexibility index (Phi) is 9.14. The summed E-state index contributed by atoms with van der Waals surface area (Å²) in [6.45, 7) is 5.85. The monoisotopic (exact) mass is 554 g/mol. The van der Waals surface area contributed by atoms with E-state index in [4.69, 9.17) is 24.1 Å². The third-order valence-corrected chi connectivity index (χ3v) is 8.00. The topological polar surface area (TPSA) is 127 Å². The van der Waals surface area contributed by atoms with Gasteiger partial charge in [0.2, 0.25) is 5.91 Å². The van der Waals surface area contributed by atoms with Crippen molar-refractivity contribution in [3.05, 3.63) is 65.2 Å². The van der Waals surface area contributed by atoms with E-state index in [2.05, 4.69) is 17.1 Å². The average molecular weight is 555 g/mol. The number of nitrogens with one attached hydrogen (secondary N) is 1. The number of aliphatic hydroxyl groups excluding tert-OH is 1. The Labute approximate surface area is 234 Å². The minimum absolute atomic E-state index is 0.0232. The number of likely N-dealkylation sites (tertiary alicyclic amines) is 1. The molecule has 5 rings (SSSR count). The lowest BCUT2D eigenvalue weighted by Gasteiger charge is -2.44. The van der Waals surface area contributed by atoms with Gasteiger partial charge < -0.3 is 39.4 Å². The summed E-state index contributed by atoms with van der Waals surface area (Å²) < 4.78 is 24.9. The molecule has 0 radical (unpaired) electrons. The van der Waals surface area contributed by atoms with Gasteiger partial charge in [-0.05, 0) is 23.3 Å². The number of carbonyl (C=O) groups is 2. The predicted molar refractivity (Wildman–Crippen MR) is 145 cm³/mol. The molecule has 0 aliphatic carbocycles. The van der Waals surface area contributed by atoms with E-state index >= 15 is 0 Å². The van der Waals surface area contributed by atoms with Crippen LogP contribution in [0.5, 0.6) is 0 Å². The summed E-state index contributed by atoms with van der Waals surface area (Å²) >= 11 is 0. The summed E-state index contributed by atoms with van der Waals surface area (Å²) in [5.41, 5.74) is 3.15. The van der Waals surface area contributed by atoms with Crippen LogP contribution in [0.25, 0.3) is 0 Å². The van der Waals surface area contributed by atoms with Crippen LogP contribution in [0.4, 0.5) is 5.69 Å². The van der Waals surface area contributed by atoms with Crippen molar-refractivity contribution in [3.63, 3.8) is 0 Å². The highest BCUT2D eigenvalue weighted by atomic mass is 16.7. The highest BCUT2D eigenvalue weighted by molar-refractivity contribution is 5.92. The number of hydrogen-bond donors (Lipinski definition) is 3. The number of aliphatic hydroxyl groups is 1. The highest BCUT2D eigenvalue weighted by Crippen LogP contribution is 2.42. The summed E-state index contributed by atoms with van der Waals surface area (Å²) in [6.07, 6.45) is 0.268. The first-order chi connectivity index (χ1) is 19.3. The first kappa shape index (κ1) is 28.7. The number of piperidine rings is 1. The van der Waals surface area contributed by atoms with E-state index in [1.165, 1.54) is 0 Å². The molecule has 216 valence electrons. The molecule has 3 saturated heterocycles. The number of nitrogens with zero attached hydrogens (tertiary/aromatic N) is 1. The minimum atomic E-state index is -1.02. The summed E-state index contributed by atoms with van der Waals surface area (Å²) in [7, 11) is 0. The summed E-state index contributed by atoms with van der Waals surface area (Å²) in [6, 6.07) is 15.1. The van der Waals surface area contributed by atoms with Crippen LogP contribution >= 0.6 is 0 Å². The number of anilines is 1. The van der Waals surface area contributed by atoms with Crippen LogP contribution in [0.3, 0.4) is 0 Å². The Morgan fingerprint density at radius 3 is 2.40 bits per heavy atom. The summed E-state index contributed by atoms with van der Waals surface area (Å²) in [5.74, 6) is -1.77. The molecular formula is C30H38N2O8. The Balaban J connectivity index is 1.33. The van der Waals surface area contributed by atoms with Crippen LogP contribution in [0.2, 0.25) is 0 Å². The normalized spacial score (nSPS) is 26.6. The zero-order valence-corrected chi connectivity index (χ0v) is 22.8. The lowest BCUT2D eigenvalue weighted by molar-refractivity contribution is -0.278. The Morgan fingerprint density at radius 1 is 1.00 bits per heavy atom. The predicted octanol–water partition coefficient (Wildman–Crippen LogP) is 3.61. The lowest BCUT2D eigenvalue weighted by atomic mass is 9.89. The van der Waals surface area contributed by atoms with Crippen LogP contribution in [0, 0.1) is 5.92 Å². The summed E-state index contributed by atoms with van der Waals surface area (Å²) in [5, 5.41) is 21.1. The first-order valence-corrected chi connectivity index (χ1v) is 14.0. The maximum absolute atomic E-state index is 12.2. The molecule has 3 fully saturated rings.